The van der Waals surface area contributed by atoms with Crippen molar-refractivity contribution < 1.29 is 108 Å². The molecule has 8 nitrogen and oxygen atoms in total. The molecular formula is C12H20Cu4O8. The molecule has 4 radical (unpaired) electrons. The van der Waals surface area contributed by atoms with E-state index >= 15 is 0 Å². The summed E-state index contributed by atoms with van der Waals surface area (Å²) >= 11 is 0. The van der Waals surface area contributed by atoms with E-state index in [0.717, 1.165) is 0 Å². The van der Waals surface area contributed by atoms with Gasteiger partial charge in [-0.25, -0.2) is 0 Å². The summed E-state index contributed by atoms with van der Waals surface area (Å²) < 4.78 is 0. The standard InChI is InChI=1S/2C6H10O4.4Cu/c2*7-5(8)3-1-2-4-6(9)10;;;;/h2*1-4H2,(H,7,8)(H,9,10);;;;. The minimum atomic E-state index is -0.870. The van der Waals surface area contributed by atoms with Gasteiger partial charge in [0.1, 0.15) is 0 Å². The van der Waals surface area contributed by atoms with Crippen molar-refractivity contribution >= 4 is 23.9 Å². The van der Waals surface area contributed by atoms with E-state index < -0.39 is 23.9 Å². The number of aliphatic carboxylic acids is 4. The summed E-state index contributed by atoms with van der Waals surface area (Å²) in [5.41, 5.74) is 0. The number of unbranched alkanes of at least 4 members (excludes halogenated alkanes) is 2. The van der Waals surface area contributed by atoms with E-state index in [1.807, 2.05) is 0 Å². The second kappa shape index (κ2) is 27.8. The smallest absolute Gasteiger partial charge is 0.303 e. The average Bonchev–Trinajstić information content (AvgIpc) is 2.30. The van der Waals surface area contributed by atoms with E-state index in [4.69, 9.17) is 20.4 Å². The molecule has 0 atom stereocenters. The predicted octanol–water partition coefficient (Wildman–Crippen LogP) is 1.42. The first-order chi connectivity index (χ1) is 9.25. The van der Waals surface area contributed by atoms with Crippen LogP contribution in [0.15, 0.2) is 0 Å². The van der Waals surface area contributed by atoms with Crippen molar-refractivity contribution in [1.29, 1.82) is 0 Å². The molecule has 0 bridgehead atoms. The van der Waals surface area contributed by atoms with Crippen molar-refractivity contribution in [2.75, 3.05) is 0 Å². The summed E-state index contributed by atoms with van der Waals surface area (Å²) in [6.45, 7) is 0. The Bertz CT molecular complexity index is 275. The zero-order valence-electron chi connectivity index (χ0n) is 12.3. The largest absolute Gasteiger partial charge is 0.481 e. The van der Waals surface area contributed by atoms with Crippen molar-refractivity contribution in [3.63, 3.8) is 0 Å². The number of carbonyl (C=O) groups is 4. The Balaban J connectivity index is -0.0000000579. The topological polar surface area (TPSA) is 149 Å². The van der Waals surface area contributed by atoms with Gasteiger partial charge >= 0.3 is 23.9 Å². The van der Waals surface area contributed by atoms with E-state index in [1.54, 1.807) is 0 Å². The van der Waals surface area contributed by atoms with Crippen LogP contribution in [0, 0.1) is 0 Å². The number of hydrogen-bond donors (Lipinski definition) is 4. The van der Waals surface area contributed by atoms with Crippen molar-refractivity contribution in [2.45, 2.75) is 51.4 Å². The molecule has 0 rings (SSSR count). The summed E-state index contributed by atoms with van der Waals surface area (Å²) in [4.78, 5) is 39.6. The molecule has 0 heterocycles. The third kappa shape index (κ3) is 49.5. The molecule has 0 aromatic rings. The van der Waals surface area contributed by atoms with Gasteiger partial charge in [-0.2, -0.15) is 0 Å². The number of hydrogen-bond acceptors (Lipinski definition) is 4. The van der Waals surface area contributed by atoms with Crippen LogP contribution in [0.2, 0.25) is 0 Å². The zero-order chi connectivity index (χ0) is 16.0. The second-order valence-corrected chi connectivity index (χ2v) is 3.99. The molecule has 0 aromatic heterocycles. The third-order valence-corrected chi connectivity index (χ3v) is 2.06. The molecule has 0 aromatic carbocycles. The maximum absolute atomic E-state index is 9.90. The molecule has 0 saturated carbocycles. The van der Waals surface area contributed by atoms with Crippen LogP contribution in [0.1, 0.15) is 51.4 Å². The van der Waals surface area contributed by atoms with Gasteiger partial charge in [0.25, 0.3) is 0 Å². The number of carboxylic acids is 4. The quantitative estimate of drug-likeness (QED) is 0.238. The Morgan fingerprint density at radius 2 is 0.542 bits per heavy atom. The van der Waals surface area contributed by atoms with Gasteiger partial charge in [-0.3, -0.25) is 19.2 Å². The summed E-state index contributed by atoms with van der Waals surface area (Å²) in [5.74, 6) is -3.48. The molecule has 0 fully saturated rings. The van der Waals surface area contributed by atoms with Crippen LogP contribution in [0.4, 0.5) is 0 Å². The molecule has 0 spiro atoms. The monoisotopic (exact) mass is 544 g/mol. The fourth-order valence-corrected chi connectivity index (χ4v) is 1.10. The van der Waals surface area contributed by atoms with Gasteiger partial charge in [0.05, 0.1) is 0 Å². The van der Waals surface area contributed by atoms with E-state index in [1.165, 1.54) is 0 Å². The predicted molar refractivity (Wildman–Crippen MR) is 67.5 cm³/mol. The maximum atomic E-state index is 9.90. The Hall–Kier alpha value is -0.0421. The molecule has 160 valence electrons. The summed E-state index contributed by atoms with van der Waals surface area (Å²) in [6.07, 6.45) is 2.04. The van der Waals surface area contributed by atoms with Crippen molar-refractivity contribution in [2.24, 2.45) is 0 Å². The fourth-order valence-electron chi connectivity index (χ4n) is 1.10. The van der Waals surface area contributed by atoms with E-state index in [-0.39, 0.29) is 94.0 Å². The first-order valence-electron chi connectivity index (χ1n) is 6.13. The summed E-state index contributed by atoms with van der Waals surface area (Å²) in [6, 6.07) is 0. The molecule has 24 heavy (non-hydrogen) atoms. The van der Waals surface area contributed by atoms with Crippen molar-refractivity contribution in [3.05, 3.63) is 0 Å². The van der Waals surface area contributed by atoms with Gasteiger partial charge < -0.3 is 20.4 Å². The SMILES string of the molecule is O=C(O)CCCCC(=O)O.O=C(O)CCCCC(=O)O.[Cu].[Cu].[Cu].[Cu]. The van der Waals surface area contributed by atoms with Crippen molar-refractivity contribution in [3.8, 4) is 0 Å². The van der Waals surface area contributed by atoms with Crippen molar-refractivity contribution in [1.82, 2.24) is 0 Å². The van der Waals surface area contributed by atoms with Gasteiger partial charge in [-0.05, 0) is 25.7 Å². The van der Waals surface area contributed by atoms with Crippen LogP contribution in [0.3, 0.4) is 0 Å². The van der Waals surface area contributed by atoms with E-state index in [0.29, 0.717) is 25.7 Å². The molecular weight excluding hydrogens is 526 g/mol. The minimum absolute atomic E-state index is 0. The number of carboxylic acid groups (broad SMARTS) is 4. The summed E-state index contributed by atoms with van der Waals surface area (Å²) in [5, 5.41) is 32.5. The first kappa shape index (κ1) is 39.2. The summed E-state index contributed by atoms with van der Waals surface area (Å²) in [7, 11) is 0. The van der Waals surface area contributed by atoms with Gasteiger partial charge in [-0.15, -0.1) is 0 Å². The molecule has 0 aliphatic heterocycles. The Morgan fingerprint density at radius 3 is 0.625 bits per heavy atom. The minimum Gasteiger partial charge on any atom is -0.481 e. The third-order valence-electron chi connectivity index (χ3n) is 2.06. The van der Waals surface area contributed by atoms with E-state index in [9.17, 15) is 19.2 Å². The second-order valence-electron chi connectivity index (χ2n) is 3.99. The van der Waals surface area contributed by atoms with Crippen LogP contribution >= 0.6 is 0 Å². The Morgan fingerprint density at radius 1 is 0.417 bits per heavy atom. The van der Waals surface area contributed by atoms with Crippen LogP contribution in [0.5, 0.6) is 0 Å². The molecule has 12 heteroatoms. The number of rotatable bonds is 10. The molecule has 0 aliphatic rings. The van der Waals surface area contributed by atoms with Gasteiger partial charge in [0.15, 0.2) is 0 Å². The Kier molecular flexibility index (Phi) is 45.3. The normalized spacial score (nSPS) is 7.67. The van der Waals surface area contributed by atoms with Crippen LogP contribution in [-0.2, 0) is 87.5 Å². The first-order valence-corrected chi connectivity index (χ1v) is 6.13. The van der Waals surface area contributed by atoms with Gasteiger partial charge in [-0.1, -0.05) is 0 Å². The fraction of sp³-hybridized carbons (Fsp3) is 0.667. The molecule has 0 unspecified atom stereocenters. The van der Waals surface area contributed by atoms with Crippen LogP contribution < -0.4 is 0 Å². The maximum Gasteiger partial charge on any atom is 0.303 e. The zero-order valence-corrected chi connectivity index (χ0v) is 16.1. The van der Waals surface area contributed by atoms with Crippen LogP contribution in [0.25, 0.3) is 0 Å². The molecule has 0 saturated heterocycles. The average molecular weight is 546 g/mol. The van der Waals surface area contributed by atoms with Crippen LogP contribution in [-0.4, -0.2) is 44.3 Å². The molecule has 0 amide bonds. The molecule has 0 aliphatic carbocycles. The van der Waals surface area contributed by atoms with E-state index in [2.05, 4.69) is 0 Å². The molecule has 4 N–H and O–H groups in total. The van der Waals surface area contributed by atoms with Gasteiger partial charge in [0, 0.05) is 94.0 Å². The van der Waals surface area contributed by atoms with Gasteiger partial charge in [0.2, 0.25) is 0 Å². The Labute approximate surface area is 182 Å².